The Morgan fingerprint density at radius 1 is 0.931 bits per heavy atom. The van der Waals surface area contributed by atoms with Gasteiger partial charge in [-0.25, -0.2) is 4.79 Å². The molecule has 2 aromatic carbocycles. The van der Waals surface area contributed by atoms with Crippen LogP contribution in [0.2, 0.25) is 0 Å². The molecule has 2 aromatic rings. The van der Waals surface area contributed by atoms with Crippen molar-refractivity contribution in [1.29, 1.82) is 0 Å². The van der Waals surface area contributed by atoms with Gasteiger partial charge in [0, 0.05) is 38.1 Å². The molecule has 5 nitrogen and oxygen atoms in total. The topological polar surface area (TPSA) is 53.0 Å². The van der Waals surface area contributed by atoms with Crippen LogP contribution in [0.15, 0.2) is 48.5 Å². The molecule has 1 heterocycles. The maximum atomic E-state index is 12.7. The number of fused-ring (bicyclic) bond motifs is 3. The van der Waals surface area contributed by atoms with Crippen molar-refractivity contribution in [2.24, 2.45) is 0 Å². The van der Waals surface area contributed by atoms with Crippen molar-refractivity contribution in [2.45, 2.75) is 37.3 Å². The number of amides is 1. The summed E-state index contributed by atoms with van der Waals surface area (Å²) in [6, 6.07) is 17.1. The lowest BCUT2D eigenvalue weighted by Crippen LogP contribution is -2.53. The Morgan fingerprint density at radius 2 is 1.55 bits per heavy atom. The number of hydrogen-bond acceptors (Lipinski definition) is 4. The molecule has 29 heavy (non-hydrogen) atoms. The van der Waals surface area contributed by atoms with E-state index in [-0.39, 0.29) is 24.2 Å². The van der Waals surface area contributed by atoms with Gasteiger partial charge in [-0.05, 0) is 41.5 Å². The first kappa shape index (κ1) is 18.6. The maximum absolute atomic E-state index is 12.7. The fourth-order valence-corrected chi connectivity index (χ4v) is 5.27. The molecule has 0 spiro atoms. The minimum atomic E-state index is -0.224. The first-order valence-electron chi connectivity index (χ1n) is 10.7. The second-order valence-corrected chi connectivity index (χ2v) is 8.39. The van der Waals surface area contributed by atoms with Gasteiger partial charge in [0.05, 0.1) is 6.10 Å². The molecule has 3 aliphatic rings. The van der Waals surface area contributed by atoms with Crippen molar-refractivity contribution >= 4 is 6.09 Å². The summed E-state index contributed by atoms with van der Waals surface area (Å²) >= 11 is 0. The highest BCUT2D eigenvalue weighted by molar-refractivity contribution is 5.79. The molecule has 1 aliphatic heterocycles. The summed E-state index contributed by atoms with van der Waals surface area (Å²) in [4.78, 5) is 16.9. The molecule has 2 atom stereocenters. The van der Waals surface area contributed by atoms with Crippen LogP contribution in [-0.4, -0.2) is 65.9 Å². The monoisotopic (exact) mass is 392 g/mol. The van der Waals surface area contributed by atoms with Gasteiger partial charge in [0.25, 0.3) is 0 Å². The van der Waals surface area contributed by atoms with Gasteiger partial charge in [-0.15, -0.1) is 0 Å². The third-order valence-electron chi connectivity index (χ3n) is 6.82. The first-order chi connectivity index (χ1) is 14.2. The van der Waals surface area contributed by atoms with Gasteiger partial charge in [-0.1, -0.05) is 48.5 Å². The van der Waals surface area contributed by atoms with Crippen molar-refractivity contribution in [3.8, 4) is 11.1 Å². The van der Waals surface area contributed by atoms with Crippen LogP contribution >= 0.6 is 0 Å². The Balaban J connectivity index is 1.21. The predicted octanol–water partition coefficient (Wildman–Crippen LogP) is 3.47. The second kappa shape index (κ2) is 7.81. The highest BCUT2D eigenvalue weighted by Gasteiger charge is 2.34. The number of aliphatic hydroxyl groups is 1. The first-order valence-corrected chi connectivity index (χ1v) is 10.7. The Kier molecular flexibility index (Phi) is 5.02. The second-order valence-electron chi connectivity index (χ2n) is 8.39. The van der Waals surface area contributed by atoms with E-state index in [2.05, 4.69) is 53.4 Å². The summed E-state index contributed by atoms with van der Waals surface area (Å²) in [5.41, 5.74) is 4.96. The fourth-order valence-electron chi connectivity index (χ4n) is 5.27. The summed E-state index contributed by atoms with van der Waals surface area (Å²) in [6.07, 6.45) is 2.62. The molecule has 5 heteroatoms. The van der Waals surface area contributed by atoms with Gasteiger partial charge in [-0.2, -0.15) is 0 Å². The molecular weight excluding hydrogens is 364 g/mol. The van der Waals surface area contributed by atoms with Crippen LogP contribution in [0, 0.1) is 0 Å². The van der Waals surface area contributed by atoms with Crippen molar-refractivity contribution < 1.29 is 14.6 Å². The number of carbonyl (C=O) groups excluding carboxylic acids is 1. The van der Waals surface area contributed by atoms with Gasteiger partial charge < -0.3 is 14.7 Å². The number of benzene rings is 2. The number of nitrogens with zero attached hydrogens (tertiary/aromatic N) is 2. The van der Waals surface area contributed by atoms with E-state index in [0.717, 1.165) is 32.4 Å². The summed E-state index contributed by atoms with van der Waals surface area (Å²) in [7, 11) is 0. The van der Waals surface area contributed by atoms with E-state index < -0.39 is 0 Å². The average molecular weight is 392 g/mol. The van der Waals surface area contributed by atoms with Gasteiger partial charge in [-0.3, -0.25) is 4.90 Å². The average Bonchev–Trinajstić information content (AvgIpc) is 3.33. The third kappa shape index (κ3) is 3.43. The Bertz CT molecular complexity index is 846. The van der Waals surface area contributed by atoms with Crippen LogP contribution in [0.25, 0.3) is 11.1 Å². The molecule has 0 aromatic heterocycles. The SMILES string of the molecule is O=C(OCC1c2ccccc2-c2ccccc21)N1CCN(C2CCCC2O)CC1. The number of piperazine rings is 1. The highest BCUT2D eigenvalue weighted by Crippen LogP contribution is 2.44. The van der Waals surface area contributed by atoms with E-state index in [4.69, 9.17) is 4.74 Å². The third-order valence-corrected chi connectivity index (χ3v) is 6.82. The molecule has 5 rings (SSSR count). The zero-order valence-corrected chi connectivity index (χ0v) is 16.7. The zero-order valence-electron chi connectivity index (χ0n) is 16.7. The standard InChI is InChI=1S/C24H28N2O3/c27-23-11-5-10-22(23)25-12-14-26(15-13-25)24(28)29-16-21-19-8-3-1-6-17(19)18-7-2-4-9-20(18)21/h1-4,6-9,21-23,27H,5,10-16H2. The van der Waals surface area contributed by atoms with E-state index in [1.165, 1.54) is 22.3 Å². The van der Waals surface area contributed by atoms with Gasteiger partial charge in [0.2, 0.25) is 0 Å². The van der Waals surface area contributed by atoms with Crippen LogP contribution in [0.1, 0.15) is 36.3 Å². The molecule has 2 aliphatic carbocycles. The number of rotatable bonds is 3. The van der Waals surface area contributed by atoms with Gasteiger partial charge >= 0.3 is 6.09 Å². The Labute approximate surface area is 171 Å². The number of ether oxygens (including phenoxy) is 1. The summed E-state index contributed by atoms with van der Waals surface area (Å²) in [6.45, 7) is 3.33. The van der Waals surface area contributed by atoms with E-state index in [1.807, 2.05) is 4.90 Å². The van der Waals surface area contributed by atoms with Crippen molar-refractivity contribution in [3.63, 3.8) is 0 Å². The van der Waals surface area contributed by atoms with Crippen molar-refractivity contribution in [2.75, 3.05) is 32.8 Å². The molecule has 0 bridgehead atoms. The predicted molar refractivity (Wildman–Crippen MR) is 112 cm³/mol. The van der Waals surface area contributed by atoms with E-state index >= 15 is 0 Å². The van der Waals surface area contributed by atoms with E-state index in [0.29, 0.717) is 19.7 Å². The molecule has 1 saturated heterocycles. The largest absolute Gasteiger partial charge is 0.448 e. The number of carbonyl (C=O) groups is 1. The minimum Gasteiger partial charge on any atom is -0.448 e. The number of aliphatic hydroxyl groups excluding tert-OH is 1. The van der Waals surface area contributed by atoms with Crippen molar-refractivity contribution in [1.82, 2.24) is 9.80 Å². The maximum Gasteiger partial charge on any atom is 0.409 e. The van der Waals surface area contributed by atoms with Crippen molar-refractivity contribution in [3.05, 3.63) is 59.7 Å². The molecular formula is C24H28N2O3. The lowest BCUT2D eigenvalue weighted by Gasteiger charge is -2.38. The Hall–Kier alpha value is -2.37. The summed E-state index contributed by atoms with van der Waals surface area (Å²) in [5.74, 6) is 0.0984. The Morgan fingerprint density at radius 3 is 2.14 bits per heavy atom. The minimum absolute atomic E-state index is 0.0984. The highest BCUT2D eigenvalue weighted by atomic mass is 16.6. The van der Waals surface area contributed by atoms with E-state index in [1.54, 1.807) is 0 Å². The fraction of sp³-hybridized carbons (Fsp3) is 0.458. The van der Waals surface area contributed by atoms with Gasteiger partial charge in [0.15, 0.2) is 0 Å². The quantitative estimate of drug-likeness (QED) is 0.869. The summed E-state index contributed by atoms with van der Waals surface area (Å²) < 4.78 is 5.78. The van der Waals surface area contributed by atoms with Crippen LogP contribution in [0.4, 0.5) is 4.79 Å². The smallest absolute Gasteiger partial charge is 0.409 e. The number of hydrogen-bond donors (Lipinski definition) is 1. The molecule has 2 fully saturated rings. The molecule has 152 valence electrons. The molecule has 0 radical (unpaired) electrons. The molecule has 2 unspecified atom stereocenters. The molecule has 1 saturated carbocycles. The normalized spacial score (nSPS) is 24.4. The lowest BCUT2D eigenvalue weighted by atomic mass is 9.98. The lowest BCUT2D eigenvalue weighted by molar-refractivity contribution is 0.0292. The van der Waals surface area contributed by atoms with Crippen LogP contribution in [0.3, 0.4) is 0 Å². The van der Waals surface area contributed by atoms with Gasteiger partial charge in [0.1, 0.15) is 6.61 Å². The van der Waals surface area contributed by atoms with Crippen LogP contribution < -0.4 is 0 Å². The van der Waals surface area contributed by atoms with Crippen LogP contribution in [0.5, 0.6) is 0 Å². The molecule has 1 amide bonds. The van der Waals surface area contributed by atoms with Crippen LogP contribution in [-0.2, 0) is 4.74 Å². The van der Waals surface area contributed by atoms with E-state index in [9.17, 15) is 9.90 Å². The zero-order chi connectivity index (χ0) is 19.8. The summed E-state index contributed by atoms with van der Waals surface area (Å²) in [5, 5.41) is 10.1. The molecule has 1 N–H and O–H groups in total.